The highest BCUT2D eigenvalue weighted by atomic mass is 17.2. The molecular weight excluding hydrogens is 440 g/mol. The first-order valence-corrected chi connectivity index (χ1v) is 11.6. The second kappa shape index (κ2) is 14.0. The van der Waals surface area contributed by atoms with Crippen LogP contribution in [0.25, 0.3) is 0 Å². The minimum atomic E-state index is -1.11. The van der Waals surface area contributed by atoms with Gasteiger partial charge in [0.05, 0.1) is 12.1 Å². The number of hydrogen-bond donors (Lipinski definition) is 0. The molecule has 0 bridgehead atoms. The van der Waals surface area contributed by atoms with Gasteiger partial charge in [-0.2, -0.15) is 30.5 Å². The van der Waals surface area contributed by atoms with Crippen LogP contribution in [0.3, 0.4) is 0 Å². The first kappa shape index (κ1) is 31.4. The van der Waals surface area contributed by atoms with Gasteiger partial charge in [-0.25, -0.2) is 9.59 Å². The normalized spacial score (nSPS) is 15.6. The van der Waals surface area contributed by atoms with Gasteiger partial charge in [0.2, 0.25) is 0 Å². The zero-order valence-corrected chi connectivity index (χ0v) is 21.9. The van der Waals surface area contributed by atoms with Crippen molar-refractivity contribution in [2.75, 3.05) is 0 Å². The van der Waals surface area contributed by atoms with Crippen LogP contribution in [0, 0.1) is 22.7 Å². The highest BCUT2D eigenvalue weighted by molar-refractivity contribution is 5.68. The lowest BCUT2D eigenvalue weighted by molar-refractivity contribution is -0.320. The number of rotatable bonds is 14. The fourth-order valence-corrected chi connectivity index (χ4v) is 2.38. The highest BCUT2D eigenvalue weighted by Gasteiger charge is 2.28. The van der Waals surface area contributed by atoms with Gasteiger partial charge in [0.15, 0.2) is 11.1 Å². The Kier molecular flexibility index (Phi) is 12.9. The fourth-order valence-electron chi connectivity index (χ4n) is 2.38. The van der Waals surface area contributed by atoms with E-state index in [2.05, 4.69) is 22.4 Å². The Labute approximate surface area is 203 Å². The molecule has 0 amide bonds. The van der Waals surface area contributed by atoms with Crippen molar-refractivity contribution in [1.29, 1.82) is 10.5 Å². The summed E-state index contributed by atoms with van der Waals surface area (Å²) < 4.78 is 0. The van der Waals surface area contributed by atoms with E-state index >= 15 is 0 Å². The van der Waals surface area contributed by atoms with Crippen molar-refractivity contribution in [2.45, 2.75) is 129 Å². The Hall–Kier alpha value is -2.56. The molecule has 2 unspecified atom stereocenters. The summed E-state index contributed by atoms with van der Waals surface area (Å²) in [6.45, 7) is 13.9. The lowest BCUT2D eigenvalue weighted by atomic mass is 9.96. The van der Waals surface area contributed by atoms with Crippen molar-refractivity contribution >= 4 is 11.9 Å². The molecule has 0 heterocycles. The third-order valence-electron chi connectivity index (χ3n) is 4.33. The molecule has 0 saturated heterocycles. The largest absolute Gasteiger partial charge is 0.342 e. The first-order valence-electron chi connectivity index (χ1n) is 11.6. The Morgan fingerprint density at radius 1 is 0.647 bits per heavy atom. The maximum Gasteiger partial charge on any atom is 0.342 e. The molecule has 34 heavy (non-hydrogen) atoms. The predicted molar refractivity (Wildman–Crippen MR) is 124 cm³/mol. The minimum Gasteiger partial charge on any atom is -0.298 e. The van der Waals surface area contributed by atoms with Gasteiger partial charge < -0.3 is 0 Å². The Bertz CT molecular complexity index is 708. The van der Waals surface area contributed by atoms with Crippen LogP contribution < -0.4 is 0 Å². The van der Waals surface area contributed by atoms with E-state index < -0.39 is 34.2 Å². The molecule has 0 radical (unpaired) electrons. The summed E-state index contributed by atoms with van der Waals surface area (Å²) in [5, 5.41) is 27.4. The molecule has 0 aromatic rings. The van der Waals surface area contributed by atoms with Gasteiger partial charge in [-0.15, -0.1) is 0 Å². The molecule has 10 heteroatoms. The summed E-state index contributed by atoms with van der Waals surface area (Å²) in [5.74, 6) is -0.942. The van der Waals surface area contributed by atoms with Crippen LogP contribution in [0.5, 0.6) is 0 Å². The Balaban J connectivity index is 4.53. The highest BCUT2D eigenvalue weighted by Crippen LogP contribution is 2.25. The van der Waals surface area contributed by atoms with Gasteiger partial charge in [0, 0.05) is 12.8 Å². The first-order chi connectivity index (χ1) is 15.5. The smallest absolute Gasteiger partial charge is 0.298 e. The summed E-state index contributed by atoms with van der Waals surface area (Å²) in [4.78, 5) is 42.8. The zero-order valence-electron chi connectivity index (χ0n) is 21.9. The van der Waals surface area contributed by atoms with Gasteiger partial charge in [-0.3, -0.25) is 9.78 Å². The van der Waals surface area contributed by atoms with Crippen LogP contribution in [0.4, 0.5) is 0 Å². The van der Waals surface area contributed by atoms with Gasteiger partial charge >= 0.3 is 11.9 Å². The molecule has 0 aliphatic rings. The predicted octanol–water partition coefficient (Wildman–Crippen LogP) is 5.67. The van der Waals surface area contributed by atoms with Crippen LogP contribution in [-0.2, 0) is 29.1 Å². The third kappa shape index (κ3) is 16.1. The monoisotopic (exact) mass is 480 g/mol. The SMILES string of the molecule is CC(C#N)(CCCCC(=O)OOC(C)(C)C)N=NC(C)(C#N)CCCCC(=O)OOC(C)(C)C. The number of carbonyl (C=O) groups excluding carboxylic acids is 2. The van der Waals surface area contributed by atoms with E-state index in [-0.39, 0.29) is 12.8 Å². The standard InChI is InChI=1S/C24H40N4O6/c1-21(2,3)33-31-19(29)13-9-11-15-23(7,17-25)27-28-24(8,18-26)16-12-10-14-20(30)32-34-22(4,5)6/h9-16H2,1-8H3. The van der Waals surface area contributed by atoms with Crippen LogP contribution in [0.2, 0.25) is 0 Å². The van der Waals surface area contributed by atoms with Gasteiger partial charge in [0.1, 0.15) is 11.2 Å². The maximum absolute atomic E-state index is 11.7. The molecular formula is C24H40N4O6. The molecule has 0 aromatic carbocycles. The van der Waals surface area contributed by atoms with Crippen molar-refractivity contribution in [3.63, 3.8) is 0 Å². The fraction of sp³-hybridized carbons (Fsp3) is 0.833. The average Bonchev–Trinajstić information content (AvgIpc) is 2.74. The molecule has 0 saturated carbocycles. The molecule has 0 aromatic heterocycles. The number of carbonyl (C=O) groups is 2. The summed E-state index contributed by atoms with van der Waals surface area (Å²) in [5.41, 5.74) is -3.38. The molecule has 0 aliphatic carbocycles. The van der Waals surface area contributed by atoms with Gasteiger partial charge in [0.25, 0.3) is 0 Å². The molecule has 0 aliphatic heterocycles. The van der Waals surface area contributed by atoms with Crippen LogP contribution >= 0.6 is 0 Å². The number of unbranched alkanes of at least 4 members (excludes halogenated alkanes) is 2. The van der Waals surface area contributed by atoms with Gasteiger partial charge in [-0.05, 0) is 93.9 Å². The molecule has 0 fully saturated rings. The molecule has 192 valence electrons. The lowest BCUT2D eigenvalue weighted by Crippen LogP contribution is -2.24. The van der Waals surface area contributed by atoms with E-state index in [4.69, 9.17) is 19.6 Å². The molecule has 10 nitrogen and oxygen atoms in total. The van der Waals surface area contributed by atoms with E-state index in [1.807, 2.05) is 0 Å². The average molecular weight is 481 g/mol. The van der Waals surface area contributed by atoms with Gasteiger partial charge in [-0.1, -0.05) is 0 Å². The zero-order chi connectivity index (χ0) is 26.5. The number of hydrogen-bond acceptors (Lipinski definition) is 10. The Morgan fingerprint density at radius 2 is 0.971 bits per heavy atom. The van der Waals surface area contributed by atoms with Crippen molar-refractivity contribution in [2.24, 2.45) is 10.2 Å². The lowest BCUT2D eigenvalue weighted by Gasteiger charge is -2.20. The van der Waals surface area contributed by atoms with Crippen LogP contribution in [0.1, 0.15) is 107 Å². The second-order valence-electron chi connectivity index (χ2n) is 10.7. The molecule has 0 N–H and O–H groups in total. The third-order valence-corrected chi connectivity index (χ3v) is 4.33. The quantitative estimate of drug-likeness (QED) is 0.134. The van der Waals surface area contributed by atoms with Crippen LogP contribution in [-0.4, -0.2) is 34.2 Å². The summed E-state index contributed by atoms with van der Waals surface area (Å²) in [7, 11) is 0. The Morgan fingerprint density at radius 3 is 1.24 bits per heavy atom. The van der Waals surface area contributed by atoms with Crippen molar-refractivity contribution in [3.8, 4) is 12.1 Å². The summed E-state index contributed by atoms with van der Waals surface area (Å²) >= 11 is 0. The number of nitriles is 2. The van der Waals surface area contributed by atoms with E-state index in [1.54, 1.807) is 55.4 Å². The molecule has 0 spiro atoms. The van der Waals surface area contributed by atoms with E-state index in [1.165, 1.54) is 0 Å². The molecule has 0 rings (SSSR count). The van der Waals surface area contributed by atoms with E-state index in [0.29, 0.717) is 38.5 Å². The summed E-state index contributed by atoms with van der Waals surface area (Å²) in [6, 6.07) is 4.26. The maximum atomic E-state index is 11.7. The van der Waals surface area contributed by atoms with Crippen molar-refractivity contribution in [1.82, 2.24) is 0 Å². The van der Waals surface area contributed by atoms with E-state index in [0.717, 1.165) is 0 Å². The topological polar surface area (TPSA) is 143 Å². The molecule has 2 atom stereocenters. The number of nitrogens with zero attached hydrogens (tertiary/aromatic N) is 4. The second-order valence-corrected chi connectivity index (χ2v) is 10.7. The number of azo groups is 1. The minimum absolute atomic E-state index is 0.161. The van der Waals surface area contributed by atoms with Crippen molar-refractivity contribution in [3.05, 3.63) is 0 Å². The van der Waals surface area contributed by atoms with Crippen molar-refractivity contribution < 1.29 is 29.1 Å². The van der Waals surface area contributed by atoms with E-state index in [9.17, 15) is 20.1 Å². The summed E-state index contributed by atoms with van der Waals surface area (Å²) in [6.07, 6.45) is 3.18. The van der Waals surface area contributed by atoms with Crippen LogP contribution in [0.15, 0.2) is 10.2 Å².